The van der Waals surface area contributed by atoms with Gasteiger partial charge >= 0.3 is 0 Å². The molecule has 0 amide bonds. The average molecular weight is 510 g/mol. The summed E-state index contributed by atoms with van der Waals surface area (Å²) in [6.07, 6.45) is 25.5. The first kappa shape index (κ1) is 27.1. The van der Waals surface area contributed by atoms with Gasteiger partial charge in [-0.15, -0.1) is 0 Å². The summed E-state index contributed by atoms with van der Waals surface area (Å²) in [7, 11) is 2.23. The molecule has 0 saturated carbocycles. The van der Waals surface area contributed by atoms with Gasteiger partial charge in [-0.3, -0.25) is 0 Å². The molecule has 4 aliphatic rings. The zero-order valence-electron chi connectivity index (χ0n) is 23.5. The quantitative estimate of drug-likeness (QED) is 0.191. The van der Waals surface area contributed by atoms with Crippen LogP contribution >= 0.6 is 0 Å². The van der Waals surface area contributed by atoms with Gasteiger partial charge in [0.1, 0.15) is 11.7 Å². The molecular weight excluding hydrogens is 458 g/mol. The van der Waals surface area contributed by atoms with E-state index in [0.29, 0.717) is 17.7 Å². The van der Waals surface area contributed by atoms with E-state index in [0.717, 1.165) is 32.2 Å². The molecule has 0 aromatic heterocycles. The van der Waals surface area contributed by atoms with Gasteiger partial charge in [-0.25, -0.2) is 0 Å². The summed E-state index contributed by atoms with van der Waals surface area (Å²) in [5.74, 6) is 1.22. The lowest BCUT2D eigenvalue weighted by Gasteiger charge is -2.58. The van der Waals surface area contributed by atoms with Crippen LogP contribution in [0.5, 0.6) is 11.5 Å². The summed E-state index contributed by atoms with van der Waals surface area (Å²) in [6, 6.07) is 4.32. The normalized spacial score (nSPS) is 31.4. The van der Waals surface area contributed by atoms with Crippen LogP contribution in [0.4, 0.5) is 0 Å². The highest BCUT2D eigenvalue weighted by atomic mass is 16.5. The molecule has 1 spiro atoms. The highest BCUT2D eigenvalue weighted by Crippen LogP contribution is 2.64. The molecule has 1 saturated heterocycles. The first-order valence-electron chi connectivity index (χ1n) is 15.7. The molecule has 2 N–H and O–H groups in total. The Morgan fingerprint density at radius 2 is 1.54 bits per heavy atom. The van der Waals surface area contributed by atoms with Gasteiger partial charge in [0.25, 0.3) is 0 Å². The monoisotopic (exact) mass is 509 g/mol. The molecule has 37 heavy (non-hydrogen) atoms. The molecule has 0 radical (unpaired) electrons. The highest BCUT2D eigenvalue weighted by Gasteiger charge is 2.67. The van der Waals surface area contributed by atoms with E-state index in [-0.39, 0.29) is 17.3 Å². The molecule has 1 fully saturated rings. The van der Waals surface area contributed by atoms with Crippen molar-refractivity contribution in [2.45, 2.75) is 139 Å². The van der Waals surface area contributed by atoms with Gasteiger partial charge in [-0.2, -0.15) is 0 Å². The van der Waals surface area contributed by atoms with E-state index in [1.54, 1.807) is 6.07 Å². The SMILES string of the molecule is CCCCCCCCCCCCCCCC[C@]1(O)C=C[C@H]2[C@H]3Cc4ccc(O)c5c4[C@@]2(CCN3C)[C@H]1O5. The second-order valence-corrected chi connectivity index (χ2v) is 12.7. The molecular formula is C33H51NO3. The molecule has 1 aromatic carbocycles. The van der Waals surface area contributed by atoms with Gasteiger partial charge in [-0.1, -0.05) is 115 Å². The molecule has 2 heterocycles. The number of nitrogens with zero attached hydrogens (tertiary/aromatic N) is 1. The van der Waals surface area contributed by atoms with E-state index in [2.05, 4.69) is 37.1 Å². The van der Waals surface area contributed by atoms with Gasteiger partial charge in [-0.05, 0) is 44.5 Å². The van der Waals surface area contributed by atoms with E-state index < -0.39 is 5.60 Å². The maximum atomic E-state index is 12.0. The van der Waals surface area contributed by atoms with Crippen LogP contribution < -0.4 is 4.74 Å². The Morgan fingerprint density at radius 3 is 2.19 bits per heavy atom. The lowest BCUT2D eigenvalue weighted by atomic mass is 9.51. The van der Waals surface area contributed by atoms with Crippen LogP contribution in [0.2, 0.25) is 0 Å². The second-order valence-electron chi connectivity index (χ2n) is 12.7. The van der Waals surface area contributed by atoms with E-state index in [4.69, 9.17) is 4.74 Å². The number of hydrogen-bond acceptors (Lipinski definition) is 4. The largest absolute Gasteiger partial charge is 0.504 e. The number of phenolic OH excluding ortho intramolecular Hbond substituents is 1. The number of aliphatic hydroxyl groups is 1. The zero-order valence-corrected chi connectivity index (χ0v) is 23.5. The molecule has 1 aromatic rings. The van der Waals surface area contributed by atoms with Crippen molar-refractivity contribution in [3.63, 3.8) is 0 Å². The topological polar surface area (TPSA) is 52.9 Å². The van der Waals surface area contributed by atoms with Gasteiger partial charge in [0, 0.05) is 22.9 Å². The Bertz CT molecular complexity index is 944. The molecule has 4 nitrogen and oxygen atoms in total. The number of likely N-dealkylation sites (N-methyl/N-ethyl adjacent to an activating group) is 1. The number of unbranched alkanes of at least 4 members (excludes halogenated alkanes) is 13. The van der Waals surface area contributed by atoms with E-state index in [9.17, 15) is 10.2 Å². The Balaban J connectivity index is 1.10. The van der Waals surface area contributed by atoms with Crippen LogP contribution in [0.25, 0.3) is 0 Å². The summed E-state index contributed by atoms with van der Waals surface area (Å²) in [4.78, 5) is 2.49. The first-order chi connectivity index (χ1) is 18.0. The molecule has 2 aliphatic heterocycles. The van der Waals surface area contributed by atoms with Gasteiger partial charge < -0.3 is 19.8 Å². The van der Waals surface area contributed by atoms with Crippen molar-refractivity contribution in [2.75, 3.05) is 13.6 Å². The summed E-state index contributed by atoms with van der Waals surface area (Å²) in [5, 5.41) is 22.7. The third kappa shape index (κ3) is 5.10. The molecule has 0 unspecified atom stereocenters. The highest BCUT2D eigenvalue weighted by molar-refractivity contribution is 5.62. The molecule has 2 aliphatic carbocycles. The maximum absolute atomic E-state index is 12.0. The third-order valence-electron chi connectivity index (χ3n) is 10.3. The Hall–Kier alpha value is -1.52. The summed E-state index contributed by atoms with van der Waals surface area (Å²) in [5.41, 5.74) is 1.33. The Kier molecular flexibility index (Phi) is 8.56. The molecule has 4 heteroatoms. The van der Waals surface area contributed by atoms with Crippen molar-refractivity contribution >= 4 is 0 Å². The zero-order chi connectivity index (χ0) is 25.9. The number of ether oxygens (including phenoxy) is 1. The minimum absolute atomic E-state index is 0.210. The van der Waals surface area contributed by atoms with Crippen molar-refractivity contribution < 1.29 is 14.9 Å². The fourth-order valence-electron chi connectivity index (χ4n) is 8.21. The van der Waals surface area contributed by atoms with E-state index in [1.807, 2.05) is 0 Å². The number of phenols is 1. The van der Waals surface area contributed by atoms with Gasteiger partial charge in [0.05, 0.1) is 0 Å². The van der Waals surface area contributed by atoms with E-state index >= 15 is 0 Å². The number of benzene rings is 1. The fourth-order valence-corrected chi connectivity index (χ4v) is 8.21. The molecule has 5 rings (SSSR count). The predicted octanol–water partition coefficient (Wildman–Crippen LogP) is 7.44. The van der Waals surface area contributed by atoms with Crippen LogP contribution in [0.15, 0.2) is 24.3 Å². The minimum atomic E-state index is -0.964. The lowest BCUT2D eigenvalue weighted by molar-refractivity contribution is -0.102. The molecule has 206 valence electrons. The minimum Gasteiger partial charge on any atom is -0.504 e. The standard InChI is InChI=1S/C33H51NO3/c1-3-4-5-6-7-8-9-10-11-12-13-14-15-16-20-32(36)21-19-26-27-24-25-17-18-28(35)30-29(25)33(26,31(32)37-30)22-23-34(27)2/h17-19,21,26-27,31,35-36H,3-16,20,22-24H2,1-2H3/t26-,27+,31-,32-,33-/m0/s1. The molecule has 2 bridgehead atoms. The summed E-state index contributed by atoms with van der Waals surface area (Å²) in [6.45, 7) is 3.30. The van der Waals surface area contributed by atoms with Crippen molar-refractivity contribution in [2.24, 2.45) is 5.92 Å². The number of aromatic hydroxyl groups is 1. The smallest absolute Gasteiger partial charge is 0.165 e. The van der Waals surface area contributed by atoms with E-state index in [1.165, 1.54) is 94.6 Å². The second kappa shape index (κ2) is 11.7. The third-order valence-corrected chi connectivity index (χ3v) is 10.3. The van der Waals surface area contributed by atoms with Crippen molar-refractivity contribution in [1.29, 1.82) is 0 Å². The van der Waals surface area contributed by atoms with Crippen LogP contribution in [0.3, 0.4) is 0 Å². The summed E-state index contributed by atoms with van der Waals surface area (Å²) >= 11 is 0. The number of hydrogen-bond donors (Lipinski definition) is 2. The van der Waals surface area contributed by atoms with Crippen molar-refractivity contribution in [3.05, 3.63) is 35.4 Å². The Labute approximate surface area is 225 Å². The fraction of sp³-hybridized carbons (Fsp3) is 0.758. The van der Waals surface area contributed by atoms with Crippen LogP contribution in [-0.4, -0.2) is 46.5 Å². The van der Waals surface area contributed by atoms with Crippen molar-refractivity contribution in [1.82, 2.24) is 4.90 Å². The van der Waals surface area contributed by atoms with Crippen molar-refractivity contribution in [3.8, 4) is 11.5 Å². The lowest BCUT2D eigenvalue weighted by Crippen LogP contribution is -2.67. The number of rotatable bonds is 15. The van der Waals surface area contributed by atoms with Gasteiger partial charge in [0.2, 0.25) is 0 Å². The van der Waals surface area contributed by atoms with Crippen LogP contribution in [0, 0.1) is 5.92 Å². The predicted molar refractivity (Wildman–Crippen MR) is 151 cm³/mol. The average Bonchev–Trinajstić information content (AvgIpc) is 3.26. The van der Waals surface area contributed by atoms with Gasteiger partial charge in [0.15, 0.2) is 11.5 Å². The number of likely N-dealkylation sites (tertiary alicyclic amines) is 1. The first-order valence-corrected chi connectivity index (χ1v) is 15.7. The maximum Gasteiger partial charge on any atom is 0.165 e. The van der Waals surface area contributed by atoms with Crippen LogP contribution in [0.1, 0.15) is 121 Å². The number of piperidine rings is 1. The summed E-state index contributed by atoms with van der Waals surface area (Å²) < 4.78 is 6.56. The van der Waals surface area contributed by atoms with Crippen LogP contribution in [-0.2, 0) is 11.8 Å². The Morgan fingerprint density at radius 1 is 0.919 bits per heavy atom. The molecule has 5 atom stereocenters.